The van der Waals surface area contributed by atoms with Crippen LogP contribution in [0, 0.1) is 5.92 Å². The quantitative estimate of drug-likeness (QED) is 0.567. The molecule has 0 heterocycles. The molecule has 0 aromatic rings. The normalized spacial score (nSPS) is 35.6. The molecule has 0 atom stereocenters. The molecule has 2 aliphatic rings. The van der Waals surface area contributed by atoms with Gasteiger partial charge in [0.2, 0.25) is 0 Å². The molecule has 0 aliphatic heterocycles. The molecule has 0 radical (unpaired) electrons. The van der Waals surface area contributed by atoms with Crippen molar-refractivity contribution in [3.63, 3.8) is 0 Å². The first-order valence-electron chi connectivity index (χ1n) is 7.66. The van der Waals surface area contributed by atoms with Crippen molar-refractivity contribution in [3.8, 4) is 0 Å². The Labute approximate surface area is 121 Å². The number of hydrogen-bond acceptors (Lipinski definition) is 3. The molecule has 2 nitrogen and oxygen atoms in total. The third kappa shape index (κ3) is 4.87. The van der Waals surface area contributed by atoms with Crippen LogP contribution < -0.4 is 0 Å². The molecule has 3 heteroatoms. The summed E-state index contributed by atoms with van der Waals surface area (Å²) in [5.74, 6) is 0.670. The third-order valence-electron chi connectivity index (χ3n) is 4.42. The van der Waals surface area contributed by atoms with Gasteiger partial charge in [-0.1, -0.05) is 13.5 Å². The van der Waals surface area contributed by atoms with Crippen molar-refractivity contribution in [1.29, 1.82) is 0 Å². The van der Waals surface area contributed by atoms with E-state index in [4.69, 9.17) is 4.74 Å². The molecular weight excluding hydrogens is 256 g/mol. The minimum Gasteiger partial charge on any atom is -0.459 e. The van der Waals surface area contributed by atoms with Crippen molar-refractivity contribution < 1.29 is 9.53 Å². The molecule has 0 saturated heterocycles. The zero-order chi connectivity index (χ0) is 13.7. The van der Waals surface area contributed by atoms with Gasteiger partial charge in [0.1, 0.15) is 6.10 Å². The summed E-state index contributed by atoms with van der Waals surface area (Å²) in [4.78, 5) is 11.2. The van der Waals surface area contributed by atoms with Crippen molar-refractivity contribution in [1.82, 2.24) is 0 Å². The van der Waals surface area contributed by atoms with Crippen molar-refractivity contribution in [2.24, 2.45) is 5.92 Å². The van der Waals surface area contributed by atoms with Gasteiger partial charge in [-0.05, 0) is 57.3 Å². The van der Waals surface area contributed by atoms with Crippen LogP contribution in [0.3, 0.4) is 0 Å². The Bertz CT molecular complexity index is 300. The number of hydrogen-bond donors (Lipinski definition) is 0. The summed E-state index contributed by atoms with van der Waals surface area (Å²) >= 11 is 2.21. The highest BCUT2D eigenvalue weighted by Gasteiger charge is 2.27. The number of thioether (sulfide) groups is 1. The van der Waals surface area contributed by atoms with Crippen LogP contribution in [0.5, 0.6) is 0 Å². The van der Waals surface area contributed by atoms with Crippen LogP contribution in [0.2, 0.25) is 0 Å². The molecule has 2 fully saturated rings. The van der Waals surface area contributed by atoms with Crippen LogP contribution in [0.15, 0.2) is 12.7 Å². The van der Waals surface area contributed by atoms with E-state index in [1.165, 1.54) is 44.6 Å². The largest absolute Gasteiger partial charge is 0.459 e. The highest BCUT2D eigenvalue weighted by atomic mass is 32.2. The summed E-state index contributed by atoms with van der Waals surface area (Å²) in [5, 5.41) is 1.67. The van der Waals surface area contributed by atoms with E-state index in [2.05, 4.69) is 25.3 Å². The lowest BCUT2D eigenvalue weighted by Gasteiger charge is -2.32. The van der Waals surface area contributed by atoms with Gasteiger partial charge in [0.15, 0.2) is 0 Å². The molecule has 108 valence electrons. The lowest BCUT2D eigenvalue weighted by Crippen LogP contribution is -2.26. The van der Waals surface area contributed by atoms with E-state index in [9.17, 15) is 4.79 Å². The minimum atomic E-state index is -0.266. The van der Waals surface area contributed by atoms with Crippen molar-refractivity contribution in [2.45, 2.75) is 74.9 Å². The Hall–Kier alpha value is -0.440. The van der Waals surface area contributed by atoms with Crippen LogP contribution in [-0.4, -0.2) is 22.6 Å². The first-order valence-corrected chi connectivity index (χ1v) is 8.60. The molecular formula is C16H26O2S. The summed E-state index contributed by atoms with van der Waals surface area (Å²) < 4.78 is 5.33. The van der Waals surface area contributed by atoms with E-state index < -0.39 is 0 Å². The first kappa shape index (κ1) is 15.0. The van der Waals surface area contributed by atoms with Gasteiger partial charge in [-0.3, -0.25) is 0 Å². The molecule has 0 aromatic heterocycles. The highest BCUT2D eigenvalue weighted by Crippen LogP contribution is 2.38. The van der Waals surface area contributed by atoms with Crippen LogP contribution >= 0.6 is 11.8 Å². The van der Waals surface area contributed by atoms with Crippen LogP contribution in [0.1, 0.15) is 58.3 Å². The maximum absolute atomic E-state index is 11.2. The summed E-state index contributed by atoms with van der Waals surface area (Å²) in [5.41, 5.74) is 0. The Morgan fingerprint density at radius 1 is 1.05 bits per heavy atom. The molecule has 0 bridgehead atoms. The number of rotatable bonds is 4. The van der Waals surface area contributed by atoms with Crippen molar-refractivity contribution in [3.05, 3.63) is 12.7 Å². The fraction of sp³-hybridized carbons (Fsp3) is 0.812. The van der Waals surface area contributed by atoms with E-state index in [-0.39, 0.29) is 12.1 Å². The Kier molecular flexibility index (Phi) is 5.80. The molecule has 19 heavy (non-hydrogen) atoms. The van der Waals surface area contributed by atoms with Gasteiger partial charge in [-0.15, -0.1) is 0 Å². The predicted molar refractivity (Wildman–Crippen MR) is 81.3 cm³/mol. The first-order chi connectivity index (χ1) is 9.17. The van der Waals surface area contributed by atoms with Gasteiger partial charge in [0.05, 0.1) is 0 Å². The number of carbonyl (C=O) groups excluding carboxylic acids is 1. The van der Waals surface area contributed by atoms with Gasteiger partial charge in [0.25, 0.3) is 0 Å². The Balaban J connectivity index is 1.66. The predicted octanol–water partition coefficient (Wildman–Crippen LogP) is 4.34. The second-order valence-electron chi connectivity index (χ2n) is 6.06. The molecule has 2 saturated carbocycles. The molecule has 2 aliphatic carbocycles. The lowest BCUT2D eigenvalue weighted by molar-refractivity contribution is -0.144. The standard InChI is InChI=1S/C16H26O2S/c1-3-16(17)18-13-6-10-15(11-7-13)19-14-8-4-12(2)5-9-14/h3,12-15H,1,4-11H2,2H3. The van der Waals surface area contributed by atoms with Crippen LogP contribution in [0.4, 0.5) is 0 Å². The number of carbonyl (C=O) groups is 1. The fourth-order valence-electron chi connectivity index (χ4n) is 3.14. The molecule has 0 aromatic carbocycles. The number of esters is 1. The van der Waals surface area contributed by atoms with Gasteiger partial charge < -0.3 is 4.74 Å². The van der Waals surface area contributed by atoms with Crippen molar-refractivity contribution in [2.75, 3.05) is 0 Å². The SMILES string of the molecule is C=CC(=O)OC1CCC(SC2CCC(C)CC2)CC1. The lowest BCUT2D eigenvalue weighted by atomic mass is 9.91. The summed E-state index contributed by atoms with van der Waals surface area (Å²) in [6.07, 6.45) is 11.5. The summed E-state index contributed by atoms with van der Waals surface area (Å²) in [7, 11) is 0. The monoisotopic (exact) mass is 282 g/mol. The van der Waals surface area contributed by atoms with E-state index in [0.717, 1.165) is 29.3 Å². The smallest absolute Gasteiger partial charge is 0.330 e. The van der Waals surface area contributed by atoms with E-state index in [0.29, 0.717) is 0 Å². The molecule has 0 amide bonds. The molecule has 0 N–H and O–H groups in total. The van der Waals surface area contributed by atoms with Crippen LogP contribution in [-0.2, 0) is 9.53 Å². The summed E-state index contributed by atoms with van der Waals surface area (Å²) in [6, 6.07) is 0. The van der Waals surface area contributed by atoms with Crippen LogP contribution in [0.25, 0.3) is 0 Å². The maximum atomic E-state index is 11.2. The van der Waals surface area contributed by atoms with E-state index in [1.807, 2.05) is 0 Å². The Morgan fingerprint density at radius 3 is 2.11 bits per heavy atom. The van der Waals surface area contributed by atoms with Crippen molar-refractivity contribution >= 4 is 17.7 Å². The third-order valence-corrected chi connectivity index (χ3v) is 6.13. The zero-order valence-electron chi connectivity index (χ0n) is 12.0. The molecule has 0 spiro atoms. The second kappa shape index (κ2) is 7.37. The van der Waals surface area contributed by atoms with E-state index in [1.54, 1.807) is 0 Å². The summed E-state index contributed by atoms with van der Waals surface area (Å²) in [6.45, 7) is 5.82. The highest BCUT2D eigenvalue weighted by molar-refractivity contribution is 8.00. The minimum absolute atomic E-state index is 0.133. The Morgan fingerprint density at radius 2 is 1.58 bits per heavy atom. The maximum Gasteiger partial charge on any atom is 0.330 e. The average molecular weight is 282 g/mol. The second-order valence-corrected chi connectivity index (χ2v) is 7.66. The van der Waals surface area contributed by atoms with E-state index >= 15 is 0 Å². The van der Waals surface area contributed by atoms with Gasteiger partial charge in [0, 0.05) is 16.6 Å². The van der Waals surface area contributed by atoms with Gasteiger partial charge in [-0.25, -0.2) is 4.79 Å². The topological polar surface area (TPSA) is 26.3 Å². The van der Waals surface area contributed by atoms with Gasteiger partial charge >= 0.3 is 5.97 Å². The molecule has 2 rings (SSSR count). The zero-order valence-corrected chi connectivity index (χ0v) is 12.8. The van der Waals surface area contributed by atoms with Gasteiger partial charge in [-0.2, -0.15) is 11.8 Å². The molecule has 0 unspecified atom stereocenters. The fourth-order valence-corrected chi connectivity index (χ4v) is 4.77. The number of ether oxygens (including phenoxy) is 1. The average Bonchev–Trinajstić information content (AvgIpc) is 2.43.